The number of amides is 1. The quantitative estimate of drug-likeness (QED) is 0.861. The molecule has 2 aromatic rings. The largest absolute Gasteiger partial charge is 0.444 e. The summed E-state index contributed by atoms with van der Waals surface area (Å²) >= 11 is 4.93. The molecule has 4 nitrogen and oxygen atoms in total. The fourth-order valence-electron chi connectivity index (χ4n) is 1.58. The second kappa shape index (κ2) is 6.58. The number of rotatable bonds is 3. The topological polar surface area (TPSA) is 51.2 Å². The van der Waals surface area contributed by atoms with E-state index < -0.39 is 6.09 Å². The molecule has 0 saturated heterocycles. The Morgan fingerprint density at radius 2 is 2.00 bits per heavy atom. The number of nitrogens with zero attached hydrogens (tertiary/aromatic N) is 1. The lowest BCUT2D eigenvalue weighted by Gasteiger charge is -2.19. The van der Waals surface area contributed by atoms with Gasteiger partial charge in [-0.2, -0.15) is 0 Å². The molecule has 0 fully saturated rings. The lowest BCUT2D eigenvalue weighted by Crippen LogP contribution is -2.40. The van der Waals surface area contributed by atoms with Gasteiger partial charge in [-0.15, -0.1) is 11.3 Å². The van der Waals surface area contributed by atoms with Gasteiger partial charge in [0.05, 0.1) is 4.88 Å². The summed E-state index contributed by atoms with van der Waals surface area (Å²) in [5.74, 6) is 0. The van der Waals surface area contributed by atoms with Crippen molar-refractivity contribution in [1.82, 2.24) is 10.3 Å². The Labute approximate surface area is 136 Å². The van der Waals surface area contributed by atoms with Gasteiger partial charge >= 0.3 is 6.09 Å². The first-order valence-electron chi connectivity index (χ1n) is 6.49. The fraction of sp³-hybridized carbons (Fsp3) is 0.333. The lowest BCUT2D eigenvalue weighted by atomic mass is 10.1. The van der Waals surface area contributed by atoms with Gasteiger partial charge in [-0.25, -0.2) is 9.78 Å². The summed E-state index contributed by atoms with van der Waals surface area (Å²) in [5.41, 5.74) is 0.751. The van der Waals surface area contributed by atoms with E-state index in [1.807, 2.05) is 45.0 Å². The van der Waals surface area contributed by atoms with Crippen molar-refractivity contribution in [2.45, 2.75) is 32.9 Å². The second-order valence-corrected chi connectivity index (χ2v) is 7.62. The monoisotopic (exact) mass is 368 g/mol. The molecular formula is C15H17BrN2O2S. The molecule has 1 heterocycles. The Kier molecular flexibility index (Phi) is 5.00. The van der Waals surface area contributed by atoms with Crippen molar-refractivity contribution >= 4 is 33.4 Å². The zero-order chi connectivity index (χ0) is 15.5. The number of nitrogens with one attached hydrogen (secondary N) is 1. The molecule has 1 amide bonds. The van der Waals surface area contributed by atoms with E-state index in [9.17, 15) is 4.79 Å². The van der Waals surface area contributed by atoms with E-state index in [2.05, 4.69) is 26.2 Å². The van der Waals surface area contributed by atoms with Gasteiger partial charge in [0.2, 0.25) is 0 Å². The van der Waals surface area contributed by atoms with E-state index in [1.54, 1.807) is 6.20 Å². The van der Waals surface area contributed by atoms with Gasteiger partial charge < -0.3 is 10.1 Å². The van der Waals surface area contributed by atoms with Crippen molar-refractivity contribution in [3.63, 3.8) is 0 Å². The van der Waals surface area contributed by atoms with E-state index in [1.165, 1.54) is 11.3 Å². The molecule has 0 spiro atoms. The number of hydrogen-bond acceptors (Lipinski definition) is 4. The van der Waals surface area contributed by atoms with Crippen LogP contribution < -0.4 is 5.32 Å². The first-order chi connectivity index (χ1) is 9.83. The molecule has 0 unspecified atom stereocenters. The van der Waals surface area contributed by atoms with Crippen molar-refractivity contribution in [3.8, 4) is 10.6 Å². The number of hydrogen-bond donors (Lipinski definition) is 1. The van der Waals surface area contributed by atoms with Crippen LogP contribution in [-0.4, -0.2) is 16.6 Å². The van der Waals surface area contributed by atoms with Crippen LogP contribution in [-0.2, 0) is 11.3 Å². The fourth-order valence-corrected chi connectivity index (χ4v) is 2.67. The molecule has 1 aromatic heterocycles. The number of ether oxygens (including phenoxy) is 1. The smallest absolute Gasteiger partial charge is 0.407 e. The number of thiazole rings is 1. The number of halogens is 1. The SMILES string of the molecule is CC(C)(C)NC(=O)OCc1cnc(-c2ccc(Br)cc2)s1. The molecule has 112 valence electrons. The summed E-state index contributed by atoms with van der Waals surface area (Å²) in [6, 6.07) is 7.95. The van der Waals surface area contributed by atoms with E-state index in [4.69, 9.17) is 4.74 Å². The van der Waals surface area contributed by atoms with Gasteiger partial charge in [0.1, 0.15) is 11.6 Å². The molecule has 1 N–H and O–H groups in total. The molecule has 6 heteroatoms. The maximum Gasteiger partial charge on any atom is 0.407 e. The number of benzene rings is 1. The van der Waals surface area contributed by atoms with E-state index >= 15 is 0 Å². The van der Waals surface area contributed by atoms with Crippen LogP contribution in [0.3, 0.4) is 0 Å². The zero-order valence-corrected chi connectivity index (χ0v) is 14.5. The second-order valence-electron chi connectivity index (χ2n) is 5.59. The Bertz CT molecular complexity index is 617. The predicted octanol–water partition coefficient (Wildman–Crippen LogP) is 4.60. The Morgan fingerprint density at radius 3 is 2.62 bits per heavy atom. The number of aromatic nitrogens is 1. The van der Waals surface area contributed by atoms with Gasteiger partial charge in [-0.3, -0.25) is 0 Å². The molecule has 0 saturated carbocycles. The van der Waals surface area contributed by atoms with Crippen LogP contribution in [0.1, 0.15) is 25.6 Å². The average molecular weight is 369 g/mol. The molecule has 0 bridgehead atoms. The summed E-state index contributed by atoms with van der Waals surface area (Å²) in [5, 5.41) is 3.67. The van der Waals surface area contributed by atoms with Crippen LogP contribution in [0, 0.1) is 0 Å². The highest BCUT2D eigenvalue weighted by Crippen LogP contribution is 2.26. The van der Waals surface area contributed by atoms with Crippen molar-refractivity contribution in [3.05, 3.63) is 39.8 Å². The minimum absolute atomic E-state index is 0.232. The number of carbonyl (C=O) groups is 1. The third-order valence-electron chi connectivity index (χ3n) is 2.47. The van der Waals surface area contributed by atoms with Gasteiger partial charge in [-0.1, -0.05) is 28.1 Å². The van der Waals surface area contributed by atoms with Crippen LogP contribution in [0.5, 0.6) is 0 Å². The molecule has 2 rings (SSSR count). The van der Waals surface area contributed by atoms with Crippen molar-refractivity contribution in [1.29, 1.82) is 0 Å². The van der Waals surface area contributed by atoms with Crippen LogP contribution >= 0.6 is 27.3 Å². The molecule has 0 aliphatic carbocycles. The number of carbonyl (C=O) groups excluding carboxylic acids is 1. The highest BCUT2D eigenvalue weighted by Gasteiger charge is 2.15. The summed E-state index contributed by atoms with van der Waals surface area (Å²) in [6.07, 6.45) is 1.33. The summed E-state index contributed by atoms with van der Waals surface area (Å²) in [6.45, 7) is 5.96. The molecule has 0 aliphatic heterocycles. The third-order valence-corrected chi connectivity index (χ3v) is 4.02. The Balaban J connectivity index is 1.94. The highest BCUT2D eigenvalue weighted by atomic mass is 79.9. The van der Waals surface area contributed by atoms with E-state index in [0.29, 0.717) is 0 Å². The normalized spacial score (nSPS) is 11.2. The molecular weight excluding hydrogens is 352 g/mol. The van der Waals surface area contributed by atoms with Crippen molar-refractivity contribution < 1.29 is 9.53 Å². The van der Waals surface area contributed by atoms with Gasteiger partial charge in [0, 0.05) is 21.8 Å². The lowest BCUT2D eigenvalue weighted by molar-refractivity contribution is 0.132. The van der Waals surface area contributed by atoms with Crippen LogP contribution in [0.25, 0.3) is 10.6 Å². The molecule has 1 aromatic carbocycles. The molecule has 0 radical (unpaired) electrons. The Morgan fingerprint density at radius 1 is 1.33 bits per heavy atom. The van der Waals surface area contributed by atoms with Crippen LogP contribution in [0.2, 0.25) is 0 Å². The first-order valence-corrected chi connectivity index (χ1v) is 8.10. The first kappa shape index (κ1) is 16.0. The van der Waals surface area contributed by atoms with Crippen LogP contribution in [0.4, 0.5) is 4.79 Å². The third kappa shape index (κ3) is 5.13. The highest BCUT2D eigenvalue weighted by molar-refractivity contribution is 9.10. The zero-order valence-electron chi connectivity index (χ0n) is 12.1. The minimum atomic E-state index is -0.416. The van der Waals surface area contributed by atoms with Gasteiger partial charge in [-0.05, 0) is 32.9 Å². The standard InChI is InChI=1S/C15H17BrN2O2S/c1-15(2,3)18-14(19)20-9-12-8-17-13(21-12)10-4-6-11(16)7-5-10/h4-8H,9H2,1-3H3,(H,18,19). The Hall–Kier alpha value is -1.40. The summed E-state index contributed by atoms with van der Waals surface area (Å²) in [7, 11) is 0. The molecule has 0 atom stereocenters. The predicted molar refractivity (Wildman–Crippen MR) is 88.3 cm³/mol. The maximum atomic E-state index is 11.6. The maximum absolute atomic E-state index is 11.6. The van der Waals surface area contributed by atoms with Crippen LogP contribution in [0.15, 0.2) is 34.9 Å². The minimum Gasteiger partial charge on any atom is -0.444 e. The van der Waals surface area contributed by atoms with Gasteiger partial charge in [0.15, 0.2) is 0 Å². The van der Waals surface area contributed by atoms with Crippen molar-refractivity contribution in [2.75, 3.05) is 0 Å². The summed E-state index contributed by atoms with van der Waals surface area (Å²) in [4.78, 5) is 16.9. The van der Waals surface area contributed by atoms with Crippen molar-refractivity contribution in [2.24, 2.45) is 0 Å². The molecule has 0 aliphatic rings. The summed E-state index contributed by atoms with van der Waals surface area (Å²) < 4.78 is 6.22. The van der Waals surface area contributed by atoms with E-state index in [0.717, 1.165) is 19.9 Å². The van der Waals surface area contributed by atoms with E-state index in [-0.39, 0.29) is 12.1 Å². The molecule has 21 heavy (non-hydrogen) atoms. The van der Waals surface area contributed by atoms with Gasteiger partial charge in [0.25, 0.3) is 0 Å². The average Bonchev–Trinajstić information content (AvgIpc) is 2.84. The number of alkyl carbamates (subject to hydrolysis) is 1.